The Kier molecular flexibility index (Phi) is 6.01. The third kappa shape index (κ3) is 4.64. The molecule has 0 aliphatic rings. The molecule has 0 atom stereocenters. The second-order valence-electron chi connectivity index (χ2n) is 4.80. The molecule has 0 saturated carbocycles. The van der Waals surface area contributed by atoms with Crippen molar-refractivity contribution in [1.82, 2.24) is 0 Å². The second-order valence-corrected chi connectivity index (χ2v) is 4.80. The first-order valence-electron chi connectivity index (χ1n) is 7.18. The maximum absolute atomic E-state index is 5.87. The molecule has 0 unspecified atom stereocenters. The number of benzene rings is 2. The van der Waals surface area contributed by atoms with Crippen LogP contribution in [-0.2, 0) is 6.61 Å². The molecule has 7 heteroatoms. The number of nitrogens with two attached hydrogens (primary N) is 2. The number of ether oxygens (including phenoxy) is 3. The largest absolute Gasteiger partial charge is 0.493 e. The molecule has 126 valence electrons. The van der Waals surface area contributed by atoms with Crippen LogP contribution in [0.15, 0.2) is 52.7 Å². The lowest BCUT2D eigenvalue weighted by molar-refractivity contribution is 0.266. The molecule has 0 heterocycles. The maximum Gasteiger partial charge on any atom is 0.211 e. The number of hydrogen-bond donors (Lipinski definition) is 2. The van der Waals surface area contributed by atoms with Crippen molar-refractivity contribution >= 4 is 12.2 Å². The fraction of sp³-hybridized carbons (Fsp3) is 0.176. The molecule has 2 aromatic rings. The van der Waals surface area contributed by atoms with Gasteiger partial charge in [0.15, 0.2) is 11.5 Å². The predicted molar refractivity (Wildman–Crippen MR) is 93.7 cm³/mol. The van der Waals surface area contributed by atoms with Gasteiger partial charge in [0.25, 0.3) is 0 Å². The zero-order chi connectivity index (χ0) is 17.4. The van der Waals surface area contributed by atoms with Gasteiger partial charge in [-0.05, 0) is 17.7 Å². The van der Waals surface area contributed by atoms with Gasteiger partial charge in [0.05, 0.1) is 20.4 Å². The van der Waals surface area contributed by atoms with Crippen LogP contribution < -0.4 is 25.7 Å². The molecule has 0 aromatic heterocycles. The summed E-state index contributed by atoms with van der Waals surface area (Å²) in [4.78, 5) is 0. The molecule has 24 heavy (non-hydrogen) atoms. The molecule has 4 N–H and O–H groups in total. The summed E-state index contributed by atoms with van der Waals surface area (Å²) in [6, 6.07) is 13.3. The van der Waals surface area contributed by atoms with Crippen LogP contribution >= 0.6 is 0 Å². The van der Waals surface area contributed by atoms with E-state index in [0.717, 1.165) is 5.56 Å². The first kappa shape index (κ1) is 17.1. The van der Waals surface area contributed by atoms with Gasteiger partial charge in [-0.15, -0.1) is 5.10 Å². The Balaban J connectivity index is 2.26. The van der Waals surface area contributed by atoms with E-state index in [4.69, 9.17) is 25.7 Å². The lowest BCUT2D eigenvalue weighted by Crippen LogP contribution is -2.21. The zero-order valence-electron chi connectivity index (χ0n) is 13.6. The molecule has 2 aromatic carbocycles. The van der Waals surface area contributed by atoms with E-state index in [1.54, 1.807) is 26.4 Å². The van der Waals surface area contributed by atoms with E-state index in [2.05, 4.69) is 10.2 Å². The lowest BCUT2D eigenvalue weighted by Gasteiger charge is -2.15. The van der Waals surface area contributed by atoms with Crippen LogP contribution in [0, 0.1) is 0 Å². The molecule has 0 aliphatic carbocycles. The standard InChI is InChI=1S/C17H20N4O3/c1-22-14-8-13(10-20-21-17(18)19)9-15(23-2)16(14)24-11-12-6-4-3-5-7-12/h3-10H,11H2,1-2H3,(H4,18,19,21)/b20-10-. The third-order valence-corrected chi connectivity index (χ3v) is 3.09. The van der Waals surface area contributed by atoms with E-state index >= 15 is 0 Å². The molecule has 0 saturated heterocycles. The Morgan fingerprint density at radius 1 is 1.04 bits per heavy atom. The summed E-state index contributed by atoms with van der Waals surface area (Å²) in [6.07, 6.45) is 1.49. The fourth-order valence-corrected chi connectivity index (χ4v) is 2.01. The summed E-state index contributed by atoms with van der Waals surface area (Å²) in [6.45, 7) is 0.398. The van der Waals surface area contributed by atoms with Crippen molar-refractivity contribution in [2.45, 2.75) is 6.61 Å². The molecule has 0 amide bonds. The first-order chi connectivity index (χ1) is 11.6. The highest BCUT2D eigenvalue weighted by molar-refractivity contribution is 5.83. The van der Waals surface area contributed by atoms with E-state index < -0.39 is 0 Å². The van der Waals surface area contributed by atoms with Crippen LogP contribution in [0.2, 0.25) is 0 Å². The number of guanidine groups is 1. The van der Waals surface area contributed by atoms with Crippen molar-refractivity contribution in [2.24, 2.45) is 21.7 Å². The van der Waals surface area contributed by atoms with Gasteiger partial charge in [-0.25, -0.2) is 0 Å². The Morgan fingerprint density at radius 2 is 1.67 bits per heavy atom. The summed E-state index contributed by atoms with van der Waals surface area (Å²) in [5.41, 5.74) is 12.2. The summed E-state index contributed by atoms with van der Waals surface area (Å²) in [5.74, 6) is 1.45. The first-order valence-corrected chi connectivity index (χ1v) is 7.18. The highest BCUT2D eigenvalue weighted by atomic mass is 16.5. The molecule has 0 spiro atoms. The van der Waals surface area contributed by atoms with E-state index in [1.807, 2.05) is 30.3 Å². The van der Waals surface area contributed by atoms with Gasteiger partial charge in [-0.2, -0.15) is 5.10 Å². The third-order valence-electron chi connectivity index (χ3n) is 3.09. The van der Waals surface area contributed by atoms with E-state index in [9.17, 15) is 0 Å². The number of methoxy groups -OCH3 is 2. The van der Waals surface area contributed by atoms with Gasteiger partial charge in [-0.1, -0.05) is 30.3 Å². The van der Waals surface area contributed by atoms with E-state index in [1.165, 1.54) is 6.21 Å². The molecular weight excluding hydrogens is 308 g/mol. The fourth-order valence-electron chi connectivity index (χ4n) is 2.01. The smallest absolute Gasteiger partial charge is 0.211 e. The minimum absolute atomic E-state index is 0.118. The van der Waals surface area contributed by atoms with Crippen LogP contribution in [0.5, 0.6) is 17.2 Å². The highest BCUT2D eigenvalue weighted by Crippen LogP contribution is 2.38. The van der Waals surface area contributed by atoms with Crippen molar-refractivity contribution in [2.75, 3.05) is 14.2 Å². The van der Waals surface area contributed by atoms with Gasteiger partial charge in [0, 0.05) is 5.56 Å². The van der Waals surface area contributed by atoms with Gasteiger partial charge in [-0.3, -0.25) is 0 Å². The van der Waals surface area contributed by atoms with Crippen molar-refractivity contribution in [1.29, 1.82) is 0 Å². The summed E-state index contributed by atoms with van der Waals surface area (Å²) in [7, 11) is 3.11. The molecule has 0 radical (unpaired) electrons. The quantitative estimate of drug-likeness (QED) is 0.459. The Hall–Kier alpha value is -3.22. The van der Waals surface area contributed by atoms with Crippen LogP contribution in [-0.4, -0.2) is 26.4 Å². The molecule has 0 bridgehead atoms. The lowest BCUT2D eigenvalue weighted by atomic mass is 10.2. The second kappa shape index (κ2) is 8.42. The molecule has 2 rings (SSSR count). The van der Waals surface area contributed by atoms with E-state index in [0.29, 0.717) is 29.4 Å². The SMILES string of the molecule is COc1cc(/C=N\N=C(N)N)cc(OC)c1OCc1ccccc1. The van der Waals surface area contributed by atoms with Crippen molar-refractivity contribution in [3.8, 4) is 17.2 Å². The molecule has 0 fully saturated rings. The molecule has 7 nitrogen and oxygen atoms in total. The van der Waals surface area contributed by atoms with Gasteiger partial charge >= 0.3 is 0 Å². The number of nitrogens with zero attached hydrogens (tertiary/aromatic N) is 2. The number of rotatable bonds is 7. The number of hydrogen-bond acceptors (Lipinski definition) is 5. The average Bonchev–Trinajstić information content (AvgIpc) is 2.60. The maximum atomic E-state index is 5.87. The Morgan fingerprint density at radius 3 is 2.21 bits per heavy atom. The summed E-state index contributed by atoms with van der Waals surface area (Å²) >= 11 is 0. The van der Waals surface area contributed by atoms with Crippen LogP contribution in [0.3, 0.4) is 0 Å². The highest BCUT2D eigenvalue weighted by Gasteiger charge is 2.14. The Labute approximate surface area is 140 Å². The van der Waals surface area contributed by atoms with Crippen LogP contribution in [0.1, 0.15) is 11.1 Å². The minimum atomic E-state index is -0.118. The summed E-state index contributed by atoms with van der Waals surface area (Å²) in [5, 5.41) is 7.33. The van der Waals surface area contributed by atoms with Crippen LogP contribution in [0.4, 0.5) is 0 Å². The van der Waals surface area contributed by atoms with Gasteiger partial charge < -0.3 is 25.7 Å². The van der Waals surface area contributed by atoms with Crippen molar-refractivity contribution in [3.63, 3.8) is 0 Å². The van der Waals surface area contributed by atoms with E-state index in [-0.39, 0.29) is 5.96 Å². The normalized spacial score (nSPS) is 10.4. The van der Waals surface area contributed by atoms with Crippen molar-refractivity contribution in [3.05, 3.63) is 53.6 Å². The monoisotopic (exact) mass is 328 g/mol. The predicted octanol–water partition coefficient (Wildman–Crippen LogP) is 1.89. The van der Waals surface area contributed by atoms with Crippen LogP contribution in [0.25, 0.3) is 0 Å². The minimum Gasteiger partial charge on any atom is -0.493 e. The van der Waals surface area contributed by atoms with Crippen molar-refractivity contribution < 1.29 is 14.2 Å². The zero-order valence-corrected chi connectivity index (χ0v) is 13.6. The molecular formula is C17H20N4O3. The average molecular weight is 328 g/mol. The topological polar surface area (TPSA) is 104 Å². The van der Waals surface area contributed by atoms with Gasteiger partial charge in [0.2, 0.25) is 11.7 Å². The summed E-state index contributed by atoms with van der Waals surface area (Å²) < 4.78 is 16.7. The Bertz CT molecular complexity index is 701. The van der Waals surface area contributed by atoms with Gasteiger partial charge in [0.1, 0.15) is 6.61 Å². The molecule has 0 aliphatic heterocycles.